The second-order valence-corrected chi connectivity index (χ2v) is 7.04. The Balaban J connectivity index is 1.67. The highest BCUT2D eigenvalue weighted by atomic mass is 19.2. The van der Waals surface area contributed by atoms with E-state index in [1.807, 2.05) is 49.3 Å². The summed E-state index contributed by atoms with van der Waals surface area (Å²) in [5.74, 6) is -2.64. The first kappa shape index (κ1) is 19.3. The summed E-state index contributed by atoms with van der Waals surface area (Å²) in [5.41, 5.74) is 8.38. The molecule has 0 bridgehead atoms. The van der Waals surface area contributed by atoms with Crippen molar-refractivity contribution < 1.29 is 17.9 Å². The van der Waals surface area contributed by atoms with Gasteiger partial charge < -0.3 is 15.4 Å². The van der Waals surface area contributed by atoms with E-state index >= 15 is 0 Å². The minimum absolute atomic E-state index is 0.122. The molecule has 0 fully saturated rings. The molecule has 1 aliphatic rings. The highest BCUT2D eigenvalue weighted by Gasteiger charge is 2.28. The van der Waals surface area contributed by atoms with E-state index < -0.39 is 17.5 Å². The number of nitrogens with zero attached hydrogens (tertiary/aromatic N) is 1. The third-order valence-corrected chi connectivity index (χ3v) is 4.87. The molecule has 0 heterocycles. The molecule has 0 radical (unpaired) electrons. The topological polar surface area (TPSA) is 38.5 Å². The summed E-state index contributed by atoms with van der Waals surface area (Å²) in [7, 11) is 3.92. The maximum Gasteiger partial charge on any atom is 0.161 e. The Morgan fingerprint density at radius 1 is 1.07 bits per heavy atom. The summed E-state index contributed by atoms with van der Waals surface area (Å²) in [5, 5.41) is 0. The molecule has 2 N–H and O–H groups in total. The number of hydrogen-bond acceptors (Lipinski definition) is 3. The van der Waals surface area contributed by atoms with Gasteiger partial charge in [-0.15, -0.1) is 0 Å². The number of allylic oxidation sites excluding steroid dienone is 1. The lowest BCUT2D eigenvalue weighted by atomic mass is 9.81. The summed E-state index contributed by atoms with van der Waals surface area (Å²) in [6, 6.07) is 8.85. The maximum absolute atomic E-state index is 14.0. The van der Waals surface area contributed by atoms with Crippen molar-refractivity contribution in [2.75, 3.05) is 25.6 Å². The third kappa shape index (κ3) is 4.45. The molecule has 0 amide bonds. The fourth-order valence-electron chi connectivity index (χ4n) is 3.32. The van der Waals surface area contributed by atoms with Crippen molar-refractivity contribution in [1.29, 1.82) is 0 Å². The van der Waals surface area contributed by atoms with Gasteiger partial charge in [-0.2, -0.15) is 0 Å². The summed E-state index contributed by atoms with van der Waals surface area (Å²) < 4.78 is 46.5. The monoisotopic (exact) mass is 376 g/mol. The maximum atomic E-state index is 14.0. The predicted octanol–water partition coefficient (Wildman–Crippen LogP) is 4.38. The van der Waals surface area contributed by atoms with E-state index in [1.54, 1.807) is 0 Å². The van der Waals surface area contributed by atoms with Crippen LogP contribution in [0.15, 0.2) is 48.0 Å². The second kappa shape index (κ2) is 8.05. The van der Waals surface area contributed by atoms with Crippen LogP contribution in [0.25, 0.3) is 0 Å². The van der Waals surface area contributed by atoms with Gasteiger partial charge in [0, 0.05) is 43.9 Å². The number of rotatable bonds is 5. The zero-order valence-corrected chi connectivity index (χ0v) is 15.4. The lowest BCUT2D eigenvalue weighted by Crippen LogP contribution is -2.33. The van der Waals surface area contributed by atoms with Gasteiger partial charge in [0.2, 0.25) is 0 Å². The Morgan fingerprint density at radius 2 is 1.81 bits per heavy atom. The smallest absolute Gasteiger partial charge is 0.161 e. The summed E-state index contributed by atoms with van der Waals surface area (Å²) in [4.78, 5) is 1.99. The fourth-order valence-corrected chi connectivity index (χ4v) is 3.32. The average Bonchev–Trinajstić information content (AvgIpc) is 2.64. The lowest BCUT2D eigenvalue weighted by molar-refractivity contribution is 0.335. The van der Waals surface area contributed by atoms with Crippen LogP contribution in [0.4, 0.5) is 18.9 Å². The predicted molar refractivity (Wildman–Crippen MR) is 101 cm³/mol. The summed E-state index contributed by atoms with van der Waals surface area (Å²) in [6.45, 7) is 0.386. The SMILES string of the molecule is CN(C)c1cccc(OCC2=CC[C@H](c3cc(F)c(F)cc3F)[C@@H](N)C2)c1. The van der Waals surface area contributed by atoms with Gasteiger partial charge in [-0.05, 0) is 42.2 Å². The van der Waals surface area contributed by atoms with Crippen LogP contribution < -0.4 is 15.4 Å². The van der Waals surface area contributed by atoms with Crippen LogP contribution >= 0.6 is 0 Å². The fraction of sp³-hybridized carbons (Fsp3) is 0.333. The molecule has 2 aromatic carbocycles. The first-order chi connectivity index (χ1) is 12.8. The quantitative estimate of drug-likeness (QED) is 0.622. The third-order valence-electron chi connectivity index (χ3n) is 4.87. The van der Waals surface area contributed by atoms with E-state index in [4.69, 9.17) is 10.5 Å². The lowest BCUT2D eigenvalue weighted by Gasteiger charge is -2.29. The van der Waals surface area contributed by atoms with Gasteiger partial charge in [0.05, 0.1) is 0 Å². The highest BCUT2D eigenvalue weighted by molar-refractivity contribution is 5.49. The first-order valence-electron chi connectivity index (χ1n) is 8.83. The van der Waals surface area contributed by atoms with E-state index in [2.05, 4.69) is 0 Å². The molecule has 1 aliphatic carbocycles. The molecule has 0 saturated carbocycles. The molecule has 3 nitrogen and oxygen atoms in total. The number of hydrogen-bond donors (Lipinski definition) is 1. The normalized spacial score (nSPS) is 19.6. The summed E-state index contributed by atoms with van der Waals surface area (Å²) in [6.07, 6.45) is 2.92. The number of ether oxygens (including phenoxy) is 1. The van der Waals surface area contributed by atoms with Crippen molar-refractivity contribution in [3.63, 3.8) is 0 Å². The second-order valence-electron chi connectivity index (χ2n) is 7.04. The van der Waals surface area contributed by atoms with Crippen LogP contribution in [-0.2, 0) is 0 Å². The molecule has 0 unspecified atom stereocenters. The van der Waals surface area contributed by atoms with Crippen LogP contribution in [-0.4, -0.2) is 26.7 Å². The van der Waals surface area contributed by atoms with Gasteiger partial charge in [0.15, 0.2) is 11.6 Å². The molecule has 144 valence electrons. The Hall–Kier alpha value is -2.47. The number of nitrogens with two attached hydrogens (primary N) is 1. The van der Waals surface area contributed by atoms with Gasteiger partial charge in [-0.1, -0.05) is 12.1 Å². The number of benzene rings is 2. The Labute approximate surface area is 157 Å². The minimum Gasteiger partial charge on any atom is -0.489 e. The van der Waals surface area contributed by atoms with Gasteiger partial charge in [0.1, 0.15) is 18.2 Å². The van der Waals surface area contributed by atoms with E-state index in [0.29, 0.717) is 25.5 Å². The largest absolute Gasteiger partial charge is 0.489 e. The van der Waals surface area contributed by atoms with Crippen LogP contribution in [0.1, 0.15) is 24.3 Å². The zero-order chi connectivity index (χ0) is 19.6. The van der Waals surface area contributed by atoms with Crippen LogP contribution in [0.2, 0.25) is 0 Å². The number of anilines is 1. The molecule has 0 spiro atoms. The van der Waals surface area contributed by atoms with Crippen molar-refractivity contribution in [3.8, 4) is 5.75 Å². The van der Waals surface area contributed by atoms with Crippen molar-refractivity contribution >= 4 is 5.69 Å². The molecular formula is C21H23F3N2O. The molecule has 0 aromatic heterocycles. The Kier molecular flexibility index (Phi) is 5.75. The van der Waals surface area contributed by atoms with Crippen molar-refractivity contribution in [3.05, 3.63) is 71.1 Å². The summed E-state index contributed by atoms with van der Waals surface area (Å²) >= 11 is 0. The molecule has 27 heavy (non-hydrogen) atoms. The van der Waals surface area contributed by atoms with Crippen molar-refractivity contribution in [2.45, 2.75) is 24.8 Å². The number of halogens is 3. The molecular weight excluding hydrogens is 353 g/mol. The highest BCUT2D eigenvalue weighted by Crippen LogP contribution is 2.34. The van der Waals surface area contributed by atoms with Crippen LogP contribution in [0.5, 0.6) is 5.75 Å². The van der Waals surface area contributed by atoms with E-state index in [-0.39, 0.29) is 17.5 Å². The van der Waals surface area contributed by atoms with Gasteiger partial charge in [-0.25, -0.2) is 13.2 Å². The van der Waals surface area contributed by atoms with E-state index in [1.165, 1.54) is 0 Å². The standard InChI is InChI=1S/C21H23F3N2O/c1-26(2)14-4-3-5-15(9-14)27-12-13-6-7-16(21(25)8-13)17-10-19(23)20(24)11-18(17)22/h3-6,9-11,16,21H,7-8,12,25H2,1-2H3/t16-,21+/m1/s1. The molecule has 0 saturated heterocycles. The van der Waals surface area contributed by atoms with Crippen molar-refractivity contribution in [1.82, 2.24) is 0 Å². The van der Waals surface area contributed by atoms with Gasteiger partial charge in [-0.3, -0.25) is 0 Å². The molecule has 2 aromatic rings. The van der Waals surface area contributed by atoms with Crippen LogP contribution in [0.3, 0.4) is 0 Å². The molecule has 3 rings (SSSR count). The molecule has 0 aliphatic heterocycles. The zero-order valence-electron chi connectivity index (χ0n) is 15.4. The van der Waals surface area contributed by atoms with Crippen molar-refractivity contribution in [2.24, 2.45) is 5.73 Å². The molecule has 6 heteroatoms. The van der Waals surface area contributed by atoms with Crippen LogP contribution in [0, 0.1) is 17.5 Å². The van der Waals surface area contributed by atoms with E-state index in [0.717, 1.165) is 23.1 Å². The van der Waals surface area contributed by atoms with Gasteiger partial charge in [0.25, 0.3) is 0 Å². The Morgan fingerprint density at radius 3 is 2.52 bits per heavy atom. The minimum atomic E-state index is -1.19. The molecule has 2 atom stereocenters. The van der Waals surface area contributed by atoms with Gasteiger partial charge >= 0.3 is 0 Å². The first-order valence-corrected chi connectivity index (χ1v) is 8.83. The average molecular weight is 376 g/mol. The Bertz CT molecular complexity index is 851. The van der Waals surface area contributed by atoms with E-state index in [9.17, 15) is 13.2 Å².